The van der Waals surface area contributed by atoms with E-state index in [0.29, 0.717) is 11.9 Å². The van der Waals surface area contributed by atoms with E-state index in [4.69, 9.17) is 4.74 Å². The Bertz CT molecular complexity index is 388. The van der Waals surface area contributed by atoms with Gasteiger partial charge in [0, 0.05) is 23.2 Å². The summed E-state index contributed by atoms with van der Waals surface area (Å²) in [5.41, 5.74) is 1.47. The van der Waals surface area contributed by atoms with E-state index >= 15 is 0 Å². The number of fused-ring (bicyclic) bond motifs is 1. The highest BCUT2D eigenvalue weighted by Gasteiger charge is 2.28. The van der Waals surface area contributed by atoms with Crippen LogP contribution < -0.4 is 0 Å². The van der Waals surface area contributed by atoms with Gasteiger partial charge in [0.25, 0.3) is 0 Å². The topological polar surface area (TPSA) is 32.7 Å². The lowest BCUT2D eigenvalue weighted by atomic mass is 10.1. The van der Waals surface area contributed by atoms with Crippen LogP contribution in [0.25, 0.3) is 0 Å². The Kier molecular flexibility index (Phi) is 3.89. The molecule has 2 heterocycles. The monoisotopic (exact) mass is 265 g/mol. The van der Waals surface area contributed by atoms with Gasteiger partial charge in [0.2, 0.25) is 0 Å². The third kappa shape index (κ3) is 2.57. The van der Waals surface area contributed by atoms with Gasteiger partial charge in [-0.15, -0.1) is 11.8 Å². The summed E-state index contributed by atoms with van der Waals surface area (Å²) in [5.74, 6) is 0. The highest BCUT2D eigenvalue weighted by atomic mass is 32.2. The van der Waals surface area contributed by atoms with Gasteiger partial charge in [-0.2, -0.15) is 0 Å². The number of thioether (sulfide) groups is 1. The maximum Gasteiger partial charge on any atom is 0.0644 e. The summed E-state index contributed by atoms with van der Waals surface area (Å²) in [6, 6.07) is 8.85. The molecule has 3 nitrogen and oxygen atoms in total. The minimum Gasteiger partial charge on any atom is -0.395 e. The summed E-state index contributed by atoms with van der Waals surface area (Å²) >= 11 is 1.98. The Morgan fingerprint density at radius 2 is 2.28 bits per heavy atom. The molecule has 0 aromatic heterocycles. The quantitative estimate of drug-likeness (QED) is 0.895. The molecule has 0 saturated carbocycles. The fourth-order valence-corrected chi connectivity index (χ4v) is 4.06. The molecule has 0 aliphatic carbocycles. The first-order chi connectivity index (χ1) is 8.86. The van der Waals surface area contributed by atoms with Crippen LogP contribution in [0.2, 0.25) is 0 Å². The number of rotatable bonds is 3. The first kappa shape index (κ1) is 12.5. The number of aliphatic hydroxyl groups excluding tert-OH is 1. The maximum atomic E-state index is 9.38. The van der Waals surface area contributed by atoms with E-state index < -0.39 is 0 Å². The van der Waals surface area contributed by atoms with Gasteiger partial charge in [-0.05, 0) is 18.1 Å². The molecule has 2 unspecified atom stereocenters. The Hall–Kier alpha value is -0.550. The van der Waals surface area contributed by atoms with E-state index in [1.54, 1.807) is 0 Å². The average Bonchev–Trinajstić information content (AvgIpc) is 2.81. The van der Waals surface area contributed by atoms with Gasteiger partial charge < -0.3 is 9.84 Å². The molecule has 1 N–H and O–H groups in total. The van der Waals surface area contributed by atoms with E-state index in [2.05, 4.69) is 29.2 Å². The standard InChI is InChI=1S/C14H19NO2S/c16-9-12-10-17-6-5-15(12)8-13-7-11-3-1-2-4-14(11)18-13/h1-4,12-13,16H,5-10H2. The van der Waals surface area contributed by atoms with Crippen LogP contribution in [-0.4, -0.2) is 54.2 Å². The van der Waals surface area contributed by atoms with Crippen LogP contribution in [0.4, 0.5) is 0 Å². The summed E-state index contributed by atoms with van der Waals surface area (Å²) in [4.78, 5) is 3.81. The van der Waals surface area contributed by atoms with Crippen molar-refractivity contribution in [3.05, 3.63) is 29.8 Å². The lowest BCUT2D eigenvalue weighted by molar-refractivity contribution is -0.0268. The van der Waals surface area contributed by atoms with Crippen LogP contribution in [0, 0.1) is 0 Å². The smallest absolute Gasteiger partial charge is 0.0644 e. The fraction of sp³-hybridized carbons (Fsp3) is 0.571. The minimum atomic E-state index is 0.183. The van der Waals surface area contributed by atoms with Crippen LogP contribution >= 0.6 is 11.8 Å². The number of morpholine rings is 1. The summed E-state index contributed by atoms with van der Waals surface area (Å²) in [5, 5.41) is 10.0. The van der Waals surface area contributed by atoms with Crippen LogP contribution in [0.1, 0.15) is 5.56 Å². The Morgan fingerprint density at radius 1 is 1.39 bits per heavy atom. The molecular formula is C14H19NO2S. The van der Waals surface area contributed by atoms with Crippen LogP contribution in [0.5, 0.6) is 0 Å². The van der Waals surface area contributed by atoms with Gasteiger partial charge >= 0.3 is 0 Å². The van der Waals surface area contributed by atoms with Crippen LogP contribution in [0.15, 0.2) is 29.2 Å². The molecule has 1 aromatic rings. The lowest BCUT2D eigenvalue weighted by Crippen LogP contribution is -2.49. The number of nitrogens with zero attached hydrogens (tertiary/aromatic N) is 1. The highest BCUT2D eigenvalue weighted by molar-refractivity contribution is 8.00. The number of aliphatic hydroxyl groups is 1. The molecule has 18 heavy (non-hydrogen) atoms. The molecule has 1 saturated heterocycles. The van der Waals surface area contributed by atoms with Crippen LogP contribution in [-0.2, 0) is 11.2 Å². The number of benzene rings is 1. The normalized spacial score (nSPS) is 28.3. The molecule has 3 rings (SSSR count). The Balaban J connectivity index is 1.61. The van der Waals surface area contributed by atoms with E-state index in [0.717, 1.165) is 26.1 Å². The largest absolute Gasteiger partial charge is 0.395 e. The zero-order chi connectivity index (χ0) is 12.4. The van der Waals surface area contributed by atoms with E-state index in [1.807, 2.05) is 11.8 Å². The molecule has 2 aliphatic rings. The summed E-state index contributed by atoms with van der Waals surface area (Å²) in [6.07, 6.45) is 1.15. The van der Waals surface area contributed by atoms with Crippen molar-refractivity contribution < 1.29 is 9.84 Å². The third-order valence-electron chi connectivity index (χ3n) is 3.71. The van der Waals surface area contributed by atoms with Crippen LogP contribution in [0.3, 0.4) is 0 Å². The second kappa shape index (κ2) is 5.61. The van der Waals surface area contributed by atoms with Crippen molar-refractivity contribution in [3.63, 3.8) is 0 Å². The SMILES string of the molecule is OCC1COCCN1CC1Cc2ccccc2S1. The maximum absolute atomic E-state index is 9.38. The van der Waals surface area contributed by atoms with Gasteiger partial charge in [-0.1, -0.05) is 18.2 Å². The molecule has 1 aromatic carbocycles. The van der Waals surface area contributed by atoms with Crippen molar-refractivity contribution in [1.29, 1.82) is 0 Å². The molecule has 0 spiro atoms. The average molecular weight is 265 g/mol. The second-order valence-corrected chi connectivity index (χ2v) is 6.30. The number of hydrogen-bond donors (Lipinski definition) is 1. The summed E-state index contributed by atoms with van der Waals surface area (Å²) < 4.78 is 5.42. The molecule has 98 valence electrons. The zero-order valence-corrected chi connectivity index (χ0v) is 11.2. The summed E-state index contributed by atoms with van der Waals surface area (Å²) in [6.45, 7) is 3.65. The minimum absolute atomic E-state index is 0.183. The number of hydrogen-bond acceptors (Lipinski definition) is 4. The van der Waals surface area contributed by atoms with Crippen molar-refractivity contribution in [2.45, 2.75) is 22.6 Å². The van der Waals surface area contributed by atoms with Gasteiger partial charge in [0.15, 0.2) is 0 Å². The predicted octanol–water partition coefficient (Wildman–Crippen LogP) is 1.40. The lowest BCUT2D eigenvalue weighted by Gasteiger charge is -2.35. The molecule has 0 radical (unpaired) electrons. The van der Waals surface area contributed by atoms with Crippen molar-refractivity contribution >= 4 is 11.8 Å². The van der Waals surface area contributed by atoms with Gasteiger partial charge in [-0.25, -0.2) is 0 Å². The zero-order valence-electron chi connectivity index (χ0n) is 10.4. The van der Waals surface area contributed by atoms with Gasteiger partial charge in [0.1, 0.15) is 0 Å². The van der Waals surface area contributed by atoms with Crippen molar-refractivity contribution in [1.82, 2.24) is 4.90 Å². The van der Waals surface area contributed by atoms with E-state index in [1.165, 1.54) is 10.5 Å². The molecule has 2 atom stereocenters. The second-order valence-electron chi connectivity index (χ2n) is 4.96. The molecule has 0 bridgehead atoms. The van der Waals surface area contributed by atoms with Gasteiger partial charge in [-0.3, -0.25) is 4.90 Å². The first-order valence-electron chi connectivity index (χ1n) is 6.54. The highest BCUT2D eigenvalue weighted by Crippen LogP contribution is 2.37. The van der Waals surface area contributed by atoms with Gasteiger partial charge in [0.05, 0.1) is 25.9 Å². The van der Waals surface area contributed by atoms with E-state index in [-0.39, 0.29) is 12.6 Å². The summed E-state index contributed by atoms with van der Waals surface area (Å²) in [7, 11) is 0. The van der Waals surface area contributed by atoms with Crippen molar-refractivity contribution in [3.8, 4) is 0 Å². The van der Waals surface area contributed by atoms with Crippen molar-refractivity contribution in [2.24, 2.45) is 0 Å². The first-order valence-corrected chi connectivity index (χ1v) is 7.42. The third-order valence-corrected chi connectivity index (χ3v) is 5.01. The molecule has 2 aliphatic heterocycles. The molecule has 4 heteroatoms. The fourth-order valence-electron chi connectivity index (χ4n) is 2.72. The predicted molar refractivity (Wildman–Crippen MR) is 73.1 cm³/mol. The Labute approximate surface area is 112 Å². The molecule has 0 amide bonds. The van der Waals surface area contributed by atoms with E-state index in [9.17, 15) is 5.11 Å². The Morgan fingerprint density at radius 3 is 3.11 bits per heavy atom. The number of ether oxygens (including phenoxy) is 1. The molecular weight excluding hydrogens is 246 g/mol. The molecule has 1 fully saturated rings. The van der Waals surface area contributed by atoms with Crippen molar-refractivity contribution in [2.75, 3.05) is 32.9 Å².